The highest BCUT2D eigenvalue weighted by Crippen LogP contribution is 2.30. The van der Waals surface area contributed by atoms with Gasteiger partial charge < -0.3 is 23.8 Å². The third-order valence-electron chi connectivity index (χ3n) is 5.31. The number of alkyl halides is 3. The molecular formula is C22H19F3N4O3. The van der Waals surface area contributed by atoms with Gasteiger partial charge in [-0.05, 0) is 36.4 Å². The summed E-state index contributed by atoms with van der Waals surface area (Å²) >= 11 is 0. The third kappa shape index (κ3) is 4.61. The van der Waals surface area contributed by atoms with Crippen LogP contribution >= 0.6 is 0 Å². The first kappa shape index (κ1) is 21.5. The average molecular weight is 444 g/mol. The molecule has 10 heteroatoms. The molecule has 0 unspecified atom stereocenters. The SMILES string of the molecule is [C-]#[N+]c1ccc2c(n1)c(N1CCC(Oc3ccc(OC(F)(F)F)cc3)CC1)cc(=O)n2C. The van der Waals surface area contributed by atoms with Crippen molar-refractivity contribution in [3.63, 3.8) is 0 Å². The van der Waals surface area contributed by atoms with Crippen LogP contribution in [-0.2, 0) is 7.05 Å². The molecule has 3 heterocycles. The molecule has 1 aromatic carbocycles. The Morgan fingerprint density at radius 3 is 2.38 bits per heavy atom. The molecular weight excluding hydrogens is 425 g/mol. The van der Waals surface area contributed by atoms with Crippen LogP contribution < -0.4 is 19.9 Å². The molecule has 0 N–H and O–H groups in total. The van der Waals surface area contributed by atoms with Gasteiger partial charge in [-0.3, -0.25) is 4.79 Å². The van der Waals surface area contributed by atoms with Gasteiger partial charge in [-0.15, -0.1) is 18.2 Å². The number of hydrogen-bond acceptors (Lipinski definition) is 5. The van der Waals surface area contributed by atoms with Gasteiger partial charge in [0.1, 0.15) is 17.6 Å². The zero-order valence-corrected chi connectivity index (χ0v) is 17.1. The van der Waals surface area contributed by atoms with E-state index in [1.807, 2.05) is 4.90 Å². The number of ether oxygens (including phenoxy) is 2. The van der Waals surface area contributed by atoms with Gasteiger partial charge >= 0.3 is 6.36 Å². The van der Waals surface area contributed by atoms with Crippen molar-refractivity contribution in [1.82, 2.24) is 9.55 Å². The average Bonchev–Trinajstić information content (AvgIpc) is 2.77. The molecule has 3 aromatic rings. The minimum Gasteiger partial charge on any atom is -0.490 e. The second-order valence-electron chi connectivity index (χ2n) is 7.40. The molecule has 32 heavy (non-hydrogen) atoms. The fraction of sp³-hybridized carbons (Fsp3) is 0.318. The van der Waals surface area contributed by atoms with Crippen molar-refractivity contribution in [3.8, 4) is 11.5 Å². The number of pyridine rings is 2. The van der Waals surface area contributed by atoms with Gasteiger partial charge in [-0.25, -0.2) is 0 Å². The van der Waals surface area contributed by atoms with Crippen molar-refractivity contribution in [3.05, 3.63) is 64.2 Å². The Morgan fingerprint density at radius 2 is 1.75 bits per heavy atom. The molecule has 0 saturated carbocycles. The minimum atomic E-state index is -4.73. The quantitative estimate of drug-likeness (QED) is 0.558. The maximum absolute atomic E-state index is 12.4. The maximum atomic E-state index is 12.4. The van der Waals surface area contributed by atoms with E-state index >= 15 is 0 Å². The largest absolute Gasteiger partial charge is 0.573 e. The molecule has 2 aromatic heterocycles. The third-order valence-corrected chi connectivity index (χ3v) is 5.31. The van der Waals surface area contributed by atoms with E-state index in [9.17, 15) is 18.0 Å². The number of anilines is 1. The van der Waals surface area contributed by atoms with Crippen LogP contribution in [0.5, 0.6) is 11.5 Å². The number of hydrogen-bond donors (Lipinski definition) is 0. The molecule has 0 bridgehead atoms. The van der Waals surface area contributed by atoms with Gasteiger partial charge in [-0.1, -0.05) is 6.57 Å². The first-order valence-corrected chi connectivity index (χ1v) is 9.89. The predicted molar refractivity (Wildman–Crippen MR) is 112 cm³/mol. The summed E-state index contributed by atoms with van der Waals surface area (Å²) in [6, 6.07) is 10.2. The molecule has 1 fully saturated rings. The first-order chi connectivity index (χ1) is 15.2. The Kier molecular flexibility index (Phi) is 5.65. The Morgan fingerprint density at radius 1 is 1.09 bits per heavy atom. The van der Waals surface area contributed by atoms with E-state index < -0.39 is 6.36 Å². The number of piperidine rings is 1. The van der Waals surface area contributed by atoms with E-state index in [2.05, 4.69) is 14.6 Å². The van der Waals surface area contributed by atoms with Crippen LogP contribution in [0.4, 0.5) is 24.7 Å². The Balaban J connectivity index is 1.46. The molecule has 0 amide bonds. The van der Waals surface area contributed by atoms with Gasteiger partial charge in [0.05, 0.1) is 11.2 Å². The highest BCUT2D eigenvalue weighted by molar-refractivity contribution is 5.89. The lowest BCUT2D eigenvalue weighted by Gasteiger charge is -2.33. The second-order valence-corrected chi connectivity index (χ2v) is 7.40. The number of aromatic nitrogens is 2. The monoisotopic (exact) mass is 444 g/mol. The van der Waals surface area contributed by atoms with Crippen molar-refractivity contribution in [2.45, 2.75) is 25.3 Å². The molecule has 1 aliphatic heterocycles. The molecule has 0 spiro atoms. The molecule has 1 aliphatic rings. The summed E-state index contributed by atoms with van der Waals surface area (Å²) in [5, 5.41) is 0. The van der Waals surface area contributed by atoms with Gasteiger partial charge in [0.15, 0.2) is 0 Å². The van der Waals surface area contributed by atoms with Crippen LogP contribution in [0.1, 0.15) is 12.8 Å². The summed E-state index contributed by atoms with van der Waals surface area (Å²) in [5.74, 6) is 0.414. The van der Waals surface area contributed by atoms with Crippen LogP contribution in [0, 0.1) is 6.57 Å². The number of halogens is 3. The Labute approximate surface area is 181 Å². The number of fused-ring (bicyclic) bond motifs is 1. The van der Waals surface area contributed by atoms with Crippen molar-refractivity contribution >= 4 is 22.5 Å². The fourth-order valence-electron chi connectivity index (χ4n) is 3.73. The molecule has 7 nitrogen and oxygen atoms in total. The summed E-state index contributed by atoms with van der Waals surface area (Å²) in [5.41, 5.74) is 1.77. The molecule has 0 aliphatic carbocycles. The Bertz CT molecular complexity index is 1220. The van der Waals surface area contributed by atoms with E-state index in [0.717, 1.165) is 0 Å². The summed E-state index contributed by atoms with van der Waals surface area (Å²) in [6.45, 7) is 8.43. The van der Waals surface area contributed by atoms with Crippen LogP contribution in [0.15, 0.2) is 47.3 Å². The lowest BCUT2D eigenvalue weighted by Crippen LogP contribution is -2.39. The molecule has 1 saturated heterocycles. The first-order valence-electron chi connectivity index (χ1n) is 9.89. The van der Waals surface area contributed by atoms with Gasteiger partial charge in [0, 0.05) is 39.0 Å². The highest BCUT2D eigenvalue weighted by atomic mass is 19.4. The molecule has 0 radical (unpaired) electrons. The van der Waals surface area contributed by atoms with E-state index in [1.54, 1.807) is 19.2 Å². The van der Waals surface area contributed by atoms with Crippen LogP contribution in [-0.4, -0.2) is 35.1 Å². The number of rotatable bonds is 4. The zero-order valence-electron chi connectivity index (χ0n) is 17.1. The second kappa shape index (κ2) is 8.42. The van der Waals surface area contributed by atoms with Crippen LogP contribution in [0.2, 0.25) is 0 Å². The van der Waals surface area contributed by atoms with E-state index in [0.29, 0.717) is 48.4 Å². The topological polar surface area (TPSA) is 61.0 Å². The smallest absolute Gasteiger partial charge is 0.490 e. The van der Waals surface area contributed by atoms with E-state index in [1.165, 1.54) is 34.9 Å². The lowest BCUT2D eigenvalue weighted by molar-refractivity contribution is -0.274. The number of aryl methyl sites for hydroxylation is 1. The van der Waals surface area contributed by atoms with Crippen molar-refractivity contribution in [1.29, 1.82) is 0 Å². The van der Waals surface area contributed by atoms with E-state index in [4.69, 9.17) is 11.3 Å². The van der Waals surface area contributed by atoms with Crippen molar-refractivity contribution < 1.29 is 22.6 Å². The van der Waals surface area contributed by atoms with Gasteiger partial charge in [0.25, 0.3) is 11.4 Å². The number of benzene rings is 1. The van der Waals surface area contributed by atoms with Gasteiger partial charge in [0.2, 0.25) is 5.52 Å². The summed E-state index contributed by atoms with van der Waals surface area (Å²) in [7, 11) is 1.67. The van der Waals surface area contributed by atoms with Gasteiger partial charge in [-0.2, -0.15) is 0 Å². The molecule has 166 valence electrons. The number of nitrogens with zero attached hydrogens (tertiary/aromatic N) is 4. The normalized spacial score (nSPS) is 14.9. The standard InChI is InChI=1S/C22H19F3N4O3/c1-26-19-8-7-17-21(27-19)18(13-20(30)28(17)2)29-11-9-15(10-12-29)31-14-3-5-16(6-4-14)32-22(23,24)25/h3-8,13,15H,9-12H2,2H3. The zero-order chi connectivity index (χ0) is 22.9. The summed E-state index contributed by atoms with van der Waals surface area (Å²) < 4.78 is 48.1. The van der Waals surface area contributed by atoms with Crippen molar-refractivity contribution in [2.75, 3.05) is 18.0 Å². The van der Waals surface area contributed by atoms with Crippen LogP contribution in [0.3, 0.4) is 0 Å². The summed E-state index contributed by atoms with van der Waals surface area (Å²) in [4.78, 5) is 22.3. The van der Waals surface area contributed by atoms with Crippen LogP contribution in [0.25, 0.3) is 15.9 Å². The fourth-order valence-corrected chi connectivity index (χ4v) is 3.73. The summed E-state index contributed by atoms with van der Waals surface area (Å²) in [6.07, 6.45) is -3.55. The highest BCUT2D eigenvalue weighted by Gasteiger charge is 2.31. The Hall–Kier alpha value is -3.74. The van der Waals surface area contributed by atoms with E-state index in [-0.39, 0.29) is 23.2 Å². The lowest BCUT2D eigenvalue weighted by atomic mass is 10.1. The minimum absolute atomic E-state index is 0.120. The molecule has 0 atom stereocenters. The predicted octanol–water partition coefficient (Wildman–Crippen LogP) is 4.43. The molecule has 4 rings (SSSR count). The van der Waals surface area contributed by atoms with Crippen molar-refractivity contribution in [2.24, 2.45) is 7.05 Å². The maximum Gasteiger partial charge on any atom is 0.573 e.